The minimum atomic E-state index is -0.382. The zero-order chi connectivity index (χ0) is 13.7. The number of nitrogens with zero attached hydrogens (tertiary/aromatic N) is 2. The molecule has 6 heteroatoms. The van der Waals surface area contributed by atoms with Crippen LogP contribution >= 0.6 is 0 Å². The molecule has 0 atom stereocenters. The van der Waals surface area contributed by atoms with Crippen LogP contribution in [0.2, 0.25) is 0 Å². The third kappa shape index (κ3) is 3.96. The van der Waals surface area contributed by atoms with Gasteiger partial charge in [0.05, 0.1) is 13.2 Å². The first-order valence-corrected chi connectivity index (χ1v) is 6.13. The topological polar surface area (TPSA) is 69.3 Å². The van der Waals surface area contributed by atoms with Crippen molar-refractivity contribution in [3.05, 3.63) is 42.1 Å². The van der Waals surface area contributed by atoms with Crippen molar-refractivity contribution < 1.29 is 14.0 Å². The first kappa shape index (κ1) is 13.4. The molecule has 102 valence electrons. The highest BCUT2D eigenvalue weighted by Gasteiger charge is 2.11. The fourth-order valence-corrected chi connectivity index (χ4v) is 1.46. The highest BCUT2D eigenvalue weighted by molar-refractivity contribution is 5.90. The van der Waals surface area contributed by atoms with E-state index in [0.29, 0.717) is 24.8 Å². The van der Waals surface area contributed by atoms with E-state index in [0.717, 1.165) is 0 Å². The number of aromatic nitrogens is 2. The molecule has 0 saturated heterocycles. The van der Waals surface area contributed by atoms with Gasteiger partial charge >= 0.3 is 5.91 Å². The van der Waals surface area contributed by atoms with Crippen LogP contribution in [0.3, 0.4) is 0 Å². The molecule has 0 radical (unpaired) electrons. The summed E-state index contributed by atoms with van der Waals surface area (Å²) in [6, 6.07) is 5.20. The van der Waals surface area contributed by atoms with E-state index in [1.165, 1.54) is 0 Å². The van der Waals surface area contributed by atoms with Crippen LogP contribution in [0.1, 0.15) is 30.2 Å². The van der Waals surface area contributed by atoms with Crippen molar-refractivity contribution in [2.45, 2.75) is 20.4 Å². The second kappa shape index (κ2) is 6.19. The predicted octanol–water partition coefficient (Wildman–Crippen LogP) is 1.84. The Morgan fingerprint density at radius 3 is 3.05 bits per heavy atom. The summed E-state index contributed by atoms with van der Waals surface area (Å²) >= 11 is 0. The molecule has 0 aliphatic heterocycles. The van der Waals surface area contributed by atoms with Crippen LogP contribution in [0.25, 0.3) is 0 Å². The Morgan fingerprint density at radius 2 is 2.37 bits per heavy atom. The maximum absolute atomic E-state index is 11.7. The number of nitrogens with one attached hydrogen (secondary N) is 1. The van der Waals surface area contributed by atoms with E-state index < -0.39 is 0 Å². The zero-order valence-electron chi connectivity index (χ0n) is 11.0. The Hall–Kier alpha value is -2.08. The van der Waals surface area contributed by atoms with Gasteiger partial charge < -0.3 is 4.42 Å². The third-order valence-corrected chi connectivity index (χ3v) is 2.34. The van der Waals surface area contributed by atoms with Gasteiger partial charge in [-0.2, -0.15) is 5.10 Å². The number of hydrogen-bond donors (Lipinski definition) is 1. The van der Waals surface area contributed by atoms with Crippen molar-refractivity contribution in [1.82, 2.24) is 15.3 Å². The van der Waals surface area contributed by atoms with Crippen LogP contribution in [0, 0.1) is 5.92 Å². The Labute approximate surface area is 111 Å². The summed E-state index contributed by atoms with van der Waals surface area (Å²) in [5.41, 5.74) is 2.35. The molecule has 2 rings (SSSR count). The predicted molar refractivity (Wildman–Crippen MR) is 68.3 cm³/mol. The average Bonchev–Trinajstić information content (AvgIpc) is 3.00. The van der Waals surface area contributed by atoms with Gasteiger partial charge in [0.25, 0.3) is 0 Å². The molecule has 0 aliphatic carbocycles. The summed E-state index contributed by atoms with van der Waals surface area (Å²) in [4.78, 5) is 16.7. The van der Waals surface area contributed by atoms with E-state index in [9.17, 15) is 4.79 Å². The van der Waals surface area contributed by atoms with Gasteiger partial charge in [-0.15, -0.1) is 0 Å². The van der Waals surface area contributed by atoms with Crippen molar-refractivity contribution >= 4 is 5.91 Å². The number of rotatable bonds is 6. The van der Waals surface area contributed by atoms with Gasteiger partial charge in [-0.05, 0) is 24.1 Å². The normalized spacial score (nSPS) is 10.9. The molecule has 2 heterocycles. The van der Waals surface area contributed by atoms with E-state index in [-0.39, 0.29) is 11.7 Å². The number of furan rings is 1. The maximum Gasteiger partial charge on any atom is 0.310 e. The van der Waals surface area contributed by atoms with E-state index >= 15 is 0 Å². The van der Waals surface area contributed by atoms with Crippen LogP contribution in [0.4, 0.5) is 0 Å². The van der Waals surface area contributed by atoms with Gasteiger partial charge in [0, 0.05) is 12.4 Å². The fraction of sp³-hybridized carbons (Fsp3) is 0.385. The average molecular weight is 263 g/mol. The van der Waals surface area contributed by atoms with Crippen molar-refractivity contribution in [1.29, 1.82) is 0 Å². The van der Waals surface area contributed by atoms with E-state index in [1.54, 1.807) is 23.0 Å². The molecular weight excluding hydrogens is 246 g/mol. The Morgan fingerprint density at radius 1 is 1.53 bits per heavy atom. The van der Waals surface area contributed by atoms with Gasteiger partial charge in [-0.3, -0.25) is 14.3 Å². The summed E-state index contributed by atoms with van der Waals surface area (Å²) < 4.78 is 7.14. The lowest BCUT2D eigenvalue weighted by atomic mass is 10.2. The van der Waals surface area contributed by atoms with Gasteiger partial charge in [-0.1, -0.05) is 13.8 Å². The number of hydroxylamine groups is 1. The Kier molecular flexibility index (Phi) is 4.35. The lowest BCUT2D eigenvalue weighted by Crippen LogP contribution is -2.25. The molecule has 0 unspecified atom stereocenters. The molecule has 0 bridgehead atoms. The zero-order valence-corrected chi connectivity index (χ0v) is 11.0. The van der Waals surface area contributed by atoms with Crippen LogP contribution in [0.15, 0.2) is 35.0 Å². The maximum atomic E-state index is 11.7. The highest BCUT2D eigenvalue weighted by Crippen LogP contribution is 2.09. The quantitative estimate of drug-likeness (QED) is 0.807. The second-order valence-corrected chi connectivity index (χ2v) is 4.61. The first-order chi connectivity index (χ1) is 9.15. The van der Waals surface area contributed by atoms with Gasteiger partial charge in [-0.25, -0.2) is 5.48 Å². The van der Waals surface area contributed by atoms with Crippen molar-refractivity contribution in [3.63, 3.8) is 0 Å². The second-order valence-electron chi connectivity index (χ2n) is 4.61. The van der Waals surface area contributed by atoms with E-state index in [2.05, 4.69) is 10.6 Å². The molecule has 1 amide bonds. The molecule has 1 N–H and O–H groups in total. The molecule has 0 fully saturated rings. The third-order valence-electron chi connectivity index (χ3n) is 2.34. The molecule has 0 aliphatic rings. The van der Waals surface area contributed by atoms with Crippen molar-refractivity contribution in [3.8, 4) is 0 Å². The SMILES string of the molecule is CC(C)CONC(=O)c1ccc(Cn2cccn2)o1. The van der Waals surface area contributed by atoms with Crippen LogP contribution in [-0.4, -0.2) is 22.3 Å². The minimum absolute atomic E-state index is 0.228. The summed E-state index contributed by atoms with van der Waals surface area (Å²) in [7, 11) is 0. The number of carbonyl (C=O) groups excluding carboxylic acids is 1. The monoisotopic (exact) mass is 263 g/mol. The largest absolute Gasteiger partial charge is 0.454 e. The number of carbonyl (C=O) groups is 1. The Balaban J connectivity index is 1.87. The molecule has 0 saturated carbocycles. The van der Waals surface area contributed by atoms with Crippen molar-refractivity contribution in [2.75, 3.05) is 6.61 Å². The summed E-state index contributed by atoms with van der Waals surface area (Å²) in [5, 5.41) is 4.07. The lowest BCUT2D eigenvalue weighted by Gasteiger charge is -2.06. The van der Waals surface area contributed by atoms with Crippen LogP contribution < -0.4 is 5.48 Å². The van der Waals surface area contributed by atoms with Crippen molar-refractivity contribution in [2.24, 2.45) is 5.92 Å². The molecule has 0 aromatic carbocycles. The van der Waals surface area contributed by atoms with E-state index in [4.69, 9.17) is 9.25 Å². The van der Waals surface area contributed by atoms with Crippen LogP contribution in [0.5, 0.6) is 0 Å². The molecular formula is C13H17N3O3. The Bertz CT molecular complexity index is 517. The first-order valence-electron chi connectivity index (χ1n) is 6.13. The summed E-state index contributed by atoms with van der Waals surface area (Å²) in [6.45, 7) is 4.96. The highest BCUT2D eigenvalue weighted by atomic mass is 16.7. The minimum Gasteiger partial charge on any atom is -0.454 e. The molecule has 19 heavy (non-hydrogen) atoms. The molecule has 2 aromatic heterocycles. The summed E-state index contributed by atoms with van der Waals surface area (Å²) in [6.07, 6.45) is 3.52. The lowest BCUT2D eigenvalue weighted by molar-refractivity contribution is 0.0187. The van der Waals surface area contributed by atoms with Gasteiger partial charge in [0.15, 0.2) is 5.76 Å². The molecule has 2 aromatic rings. The van der Waals surface area contributed by atoms with Gasteiger partial charge in [0.1, 0.15) is 5.76 Å². The van der Waals surface area contributed by atoms with E-state index in [1.807, 2.05) is 26.1 Å². The molecule has 0 spiro atoms. The summed E-state index contributed by atoms with van der Waals surface area (Å²) in [5.74, 6) is 0.864. The number of hydrogen-bond acceptors (Lipinski definition) is 4. The molecule has 6 nitrogen and oxygen atoms in total. The number of amides is 1. The fourth-order valence-electron chi connectivity index (χ4n) is 1.46. The standard InChI is InChI=1S/C13H17N3O3/c1-10(2)9-18-15-13(17)12-5-4-11(19-12)8-16-7-3-6-14-16/h3-7,10H,8-9H2,1-2H3,(H,15,17). The smallest absolute Gasteiger partial charge is 0.310 e. The van der Waals surface area contributed by atoms with Gasteiger partial charge in [0.2, 0.25) is 0 Å². The van der Waals surface area contributed by atoms with Crippen LogP contribution in [-0.2, 0) is 11.4 Å².